The number of nitrogens with one attached hydrogen (secondary N) is 1. The molecule has 0 atom stereocenters. The van der Waals surface area contributed by atoms with Crippen molar-refractivity contribution in [2.75, 3.05) is 23.3 Å². The van der Waals surface area contributed by atoms with Gasteiger partial charge in [0.25, 0.3) is 10.0 Å². The number of hydrogen-bond acceptors (Lipinski definition) is 6. The van der Waals surface area contributed by atoms with Gasteiger partial charge in [-0.3, -0.25) is 9.52 Å². The van der Waals surface area contributed by atoms with E-state index < -0.39 is 21.8 Å². The second kappa shape index (κ2) is 10.8. The highest BCUT2D eigenvalue weighted by Crippen LogP contribution is 2.34. The first kappa shape index (κ1) is 24.9. The van der Waals surface area contributed by atoms with E-state index in [1.165, 1.54) is 6.07 Å². The van der Waals surface area contributed by atoms with Crippen molar-refractivity contribution in [2.45, 2.75) is 51.2 Å². The van der Waals surface area contributed by atoms with Crippen molar-refractivity contribution in [3.8, 4) is 0 Å². The van der Waals surface area contributed by atoms with Gasteiger partial charge in [0.05, 0.1) is 12.3 Å². The molecule has 2 aromatic rings. The quantitative estimate of drug-likeness (QED) is 0.483. The van der Waals surface area contributed by atoms with Gasteiger partial charge in [-0.05, 0) is 51.1 Å². The molecule has 0 aliphatic carbocycles. The van der Waals surface area contributed by atoms with Crippen LogP contribution >= 0.6 is 11.3 Å². The van der Waals surface area contributed by atoms with E-state index in [1.54, 1.807) is 43.3 Å². The molecular formula is C22H29FN2O4S2. The normalized spacial score (nSPS) is 12.0. The zero-order valence-corrected chi connectivity index (χ0v) is 20.1. The lowest BCUT2D eigenvalue weighted by atomic mass is 10.0. The summed E-state index contributed by atoms with van der Waals surface area (Å²) in [5.74, 6) is -1.01. The Bertz CT molecular complexity index is 1050. The van der Waals surface area contributed by atoms with Crippen LogP contribution in [0.15, 0.2) is 39.6 Å². The Hall–Kier alpha value is -2.39. The molecule has 1 N–H and O–H groups in total. The van der Waals surface area contributed by atoms with Gasteiger partial charge < -0.3 is 9.64 Å². The molecule has 0 fully saturated rings. The fraction of sp³-hybridized carbons (Fsp3) is 0.409. The van der Waals surface area contributed by atoms with Crippen LogP contribution in [0.5, 0.6) is 0 Å². The number of allylic oxidation sites excluding steroid dienone is 1. The fourth-order valence-corrected chi connectivity index (χ4v) is 5.13. The molecule has 6 nitrogen and oxygen atoms in total. The van der Waals surface area contributed by atoms with Gasteiger partial charge in [-0.1, -0.05) is 18.6 Å². The highest BCUT2D eigenvalue weighted by Gasteiger charge is 2.23. The number of rotatable bonds is 10. The van der Waals surface area contributed by atoms with Gasteiger partial charge in [-0.25, -0.2) is 12.8 Å². The van der Waals surface area contributed by atoms with E-state index in [1.807, 2.05) is 20.0 Å². The molecule has 2 rings (SSSR count). The minimum Gasteiger partial charge on any atom is -0.466 e. The lowest BCUT2D eigenvalue weighted by Crippen LogP contribution is -2.18. The van der Waals surface area contributed by atoms with Crippen molar-refractivity contribution in [2.24, 2.45) is 0 Å². The lowest BCUT2D eigenvalue weighted by Gasteiger charge is -2.23. The summed E-state index contributed by atoms with van der Waals surface area (Å²) in [6.45, 7) is 7.55. The van der Waals surface area contributed by atoms with Crippen LogP contribution in [0.3, 0.4) is 0 Å². The van der Waals surface area contributed by atoms with Crippen molar-refractivity contribution in [3.63, 3.8) is 0 Å². The Kier molecular flexibility index (Phi) is 8.64. The Labute approximate surface area is 187 Å². The van der Waals surface area contributed by atoms with Crippen molar-refractivity contribution in [1.29, 1.82) is 0 Å². The number of carbonyl (C=O) groups excluding carboxylic acids is 1. The topological polar surface area (TPSA) is 75.7 Å². The molecule has 1 heterocycles. The van der Waals surface area contributed by atoms with Gasteiger partial charge in [-0.2, -0.15) is 0 Å². The number of anilines is 2. The van der Waals surface area contributed by atoms with Crippen LogP contribution in [0, 0.1) is 12.7 Å². The summed E-state index contributed by atoms with van der Waals surface area (Å²) in [6, 6.07) is 4.73. The van der Waals surface area contributed by atoms with Crippen molar-refractivity contribution >= 4 is 38.7 Å². The largest absolute Gasteiger partial charge is 0.466 e. The van der Waals surface area contributed by atoms with Crippen LogP contribution in [0.25, 0.3) is 0 Å². The number of esters is 1. The minimum atomic E-state index is -3.89. The van der Waals surface area contributed by atoms with E-state index in [9.17, 15) is 13.2 Å². The molecule has 0 saturated carbocycles. The molecule has 170 valence electrons. The van der Waals surface area contributed by atoms with E-state index in [2.05, 4.69) is 4.72 Å². The summed E-state index contributed by atoms with van der Waals surface area (Å²) in [4.78, 5) is 13.6. The SMILES string of the molecule is CCOC(=O)CCc1c(NS(=O)(=O)c2cccs2)cc(N(C)/C=C(/C)CC)c(C)c1F. The first-order valence-electron chi connectivity index (χ1n) is 10.0. The summed E-state index contributed by atoms with van der Waals surface area (Å²) in [5, 5.41) is 1.66. The summed E-state index contributed by atoms with van der Waals surface area (Å²) < 4.78 is 48.6. The first-order chi connectivity index (χ1) is 14.6. The van der Waals surface area contributed by atoms with Gasteiger partial charge in [0, 0.05) is 36.5 Å². The molecular weight excluding hydrogens is 439 g/mol. The number of thiophene rings is 1. The van der Waals surface area contributed by atoms with E-state index in [0.29, 0.717) is 11.3 Å². The van der Waals surface area contributed by atoms with Crippen LogP contribution in [-0.4, -0.2) is 28.0 Å². The molecule has 1 aromatic carbocycles. The van der Waals surface area contributed by atoms with Crippen molar-refractivity contribution in [1.82, 2.24) is 0 Å². The first-order valence-corrected chi connectivity index (χ1v) is 12.4. The summed E-state index contributed by atoms with van der Waals surface area (Å²) in [5.41, 5.74) is 2.26. The molecule has 1 aromatic heterocycles. The Morgan fingerprint density at radius 3 is 2.65 bits per heavy atom. The lowest BCUT2D eigenvalue weighted by molar-refractivity contribution is -0.143. The number of benzene rings is 1. The maximum Gasteiger partial charge on any atom is 0.306 e. The predicted octanol–water partition coefficient (Wildman–Crippen LogP) is 5.24. The van der Waals surface area contributed by atoms with E-state index >= 15 is 4.39 Å². The Morgan fingerprint density at radius 1 is 1.35 bits per heavy atom. The number of hydrogen-bond donors (Lipinski definition) is 1. The molecule has 9 heteroatoms. The van der Waals surface area contributed by atoms with Crippen LogP contribution < -0.4 is 9.62 Å². The zero-order valence-electron chi connectivity index (χ0n) is 18.5. The third-order valence-corrected chi connectivity index (χ3v) is 7.59. The molecule has 0 radical (unpaired) electrons. The van der Waals surface area contributed by atoms with Crippen LogP contribution in [0.2, 0.25) is 0 Å². The Morgan fingerprint density at radius 2 is 2.06 bits per heavy atom. The monoisotopic (exact) mass is 468 g/mol. The molecule has 0 amide bonds. The van der Waals surface area contributed by atoms with Crippen molar-refractivity contribution in [3.05, 3.63) is 52.3 Å². The third kappa shape index (κ3) is 6.30. The van der Waals surface area contributed by atoms with Gasteiger partial charge >= 0.3 is 5.97 Å². The molecule has 31 heavy (non-hydrogen) atoms. The highest BCUT2D eigenvalue weighted by molar-refractivity contribution is 7.94. The molecule has 0 saturated heterocycles. The van der Waals surface area contributed by atoms with Crippen molar-refractivity contribution < 1.29 is 22.3 Å². The number of halogens is 1. The summed E-state index contributed by atoms with van der Waals surface area (Å²) >= 11 is 1.07. The minimum absolute atomic E-state index is 0.0155. The molecule has 0 aliphatic heterocycles. The second-order valence-electron chi connectivity index (χ2n) is 7.14. The standard InChI is InChI=1S/C22H29FN2O4S2/c1-6-15(3)14-25(5)19-13-18(24-31(27,28)21-9-8-12-30-21)17(22(23)16(19)4)10-11-20(26)29-7-2/h8-9,12-14,24H,6-7,10-11H2,1-5H3/b15-14-. The number of sulfonamides is 1. The highest BCUT2D eigenvalue weighted by atomic mass is 32.2. The molecule has 0 aliphatic rings. The number of carbonyl (C=O) groups is 1. The average Bonchev–Trinajstić information content (AvgIpc) is 3.26. The van der Waals surface area contributed by atoms with Crippen LogP contribution in [0.1, 0.15) is 44.7 Å². The maximum absolute atomic E-state index is 15.4. The third-order valence-electron chi connectivity index (χ3n) is 4.82. The molecule has 0 spiro atoms. The summed E-state index contributed by atoms with van der Waals surface area (Å²) in [6.07, 6.45) is 2.68. The molecule has 0 unspecified atom stereocenters. The maximum atomic E-state index is 15.4. The van der Waals surface area contributed by atoms with Gasteiger partial charge in [0.15, 0.2) is 0 Å². The average molecular weight is 469 g/mol. The zero-order chi connectivity index (χ0) is 23.2. The Balaban J connectivity index is 2.54. The van der Waals surface area contributed by atoms with E-state index in [4.69, 9.17) is 4.74 Å². The van der Waals surface area contributed by atoms with Gasteiger partial charge in [0.1, 0.15) is 10.0 Å². The summed E-state index contributed by atoms with van der Waals surface area (Å²) in [7, 11) is -2.10. The number of nitrogens with zero attached hydrogens (tertiary/aromatic N) is 1. The predicted molar refractivity (Wildman–Crippen MR) is 124 cm³/mol. The fourth-order valence-electron chi connectivity index (χ4n) is 3.05. The number of ether oxygens (including phenoxy) is 1. The smallest absolute Gasteiger partial charge is 0.306 e. The molecule has 0 bridgehead atoms. The van der Waals surface area contributed by atoms with Gasteiger partial charge in [0.2, 0.25) is 0 Å². The van der Waals surface area contributed by atoms with Crippen LogP contribution in [0.4, 0.5) is 15.8 Å². The van der Waals surface area contributed by atoms with E-state index in [0.717, 1.165) is 23.3 Å². The van der Waals surface area contributed by atoms with Crippen LogP contribution in [-0.2, 0) is 26.0 Å². The van der Waals surface area contributed by atoms with Gasteiger partial charge in [-0.15, -0.1) is 11.3 Å². The second-order valence-corrected chi connectivity index (χ2v) is 10.0. The van der Waals surface area contributed by atoms with E-state index in [-0.39, 0.29) is 34.9 Å².